The number of carbonyl (C=O) groups excluding carboxylic acids is 1. The lowest BCUT2D eigenvalue weighted by molar-refractivity contribution is -0.148. The Hall–Kier alpha value is -4.29. The first-order valence-corrected chi connectivity index (χ1v) is 14.4. The van der Waals surface area contributed by atoms with Crippen LogP contribution in [0.25, 0.3) is 11.1 Å². The van der Waals surface area contributed by atoms with Gasteiger partial charge >= 0.3 is 5.97 Å². The highest BCUT2D eigenvalue weighted by atomic mass is 32.2. The summed E-state index contributed by atoms with van der Waals surface area (Å²) in [5.74, 6) is -1.62. The van der Waals surface area contributed by atoms with Crippen molar-refractivity contribution in [2.75, 3.05) is 18.5 Å². The van der Waals surface area contributed by atoms with Gasteiger partial charge in [0.25, 0.3) is 5.91 Å². The predicted octanol–water partition coefficient (Wildman–Crippen LogP) is 3.37. The number of nitrogens with one attached hydrogen (secondary N) is 3. The summed E-state index contributed by atoms with van der Waals surface area (Å²) >= 11 is 0. The Labute approximate surface area is 232 Å². The average Bonchev–Trinajstić information content (AvgIpc) is 3.51. The number of sulfonamides is 1. The number of carbonyl (C=O) groups is 2. The number of pyridine rings is 1. The molecule has 1 atom stereocenters. The largest absolute Gasteiger partial charge is 0.478 e. The van der Waals surface area contributed by atoms with Crippen molar-refractivity contribution >= 4 is 33.4 Å². The number of carboxylic acids is 1. The van der Waals surface area contributed by atoms with E-state index in [4.69, 9.17) is 4.84 Å². The first-order chi connectivity index (χ1) is 19.3. The summed E-state index contributed by atoms with van der Waals surface area (Å²) in [7, 11) is -4.35. The molecule has 4 N–H and O–H groups in total. The Morgan fingerprint density at radius 2 is 1.65 bits per heavy atom. The number of aromatic nitrogens is 1. The Bertz CT molecular complexity index is 1430. The number of carboxylic acid groups (broad SMARTS) is 1. The molecule has 0 saturated carbocycles. The van der Waals surface area contributed by atoms with Crippen LogP contribution in [0.2, 0.25) is 0 Å². The van der Waals surface area contributed by atoms with Gasteiger partial charge in [-0.3, -0.25) is 4.79 Å². The van der Waals surface area contributed by atoms with Crippen molar-refractivity contribution in [1.29, 1.82) is 0 Å². The summed E-state index contributed by atoms with van der Waals surface area (Å²) in [4.78, 5) is 34.4. The van der Waals surface area contributed by atoms with E-state index in [9.17, 15) is 23.1 Å². The van der Waals surface area contributed by atoms with Gasteiger partial charge in [-0.15, -0.1) is 0 Å². The van der Waals surface area contributed by atoms with E-state index in [-0.39, 0.29) is 30.1 Å². The molecule has 1 aliphatic rings. The Morgan fingerprint density at radius 3 is 2.30 bits per heavy atom. The van der Waals surface area contributed by atoms with Crippen LogP contribution in [0.3, 0.4) is 0 Å². The van der Waals surface area contributed by atoms with Gasteiger partial charge in [0.05, 0.1) is 4.90 Å². The molecule has 0 aliphatic carbocycles. The topological polar surface area (TPSA) is 159 Å². The van der Waals surface area contributed by atoms with Crippen molar-refractivity contribution in [2.45, 2.75) is 42.7 Å². The predicted molar refractivity (Wildman–Crippen MR) is 150 cm³/mol. The maximum absolute atomic E-state index is 13.4. The van der Waals surface area contributed by atoms with Crippen LogP contribution in [0.1, 0.15) is 32.1 Å². The van der Waals surface area contributed by atoms with Crippen LogP contribution >= 0.6 is 0 Å². The molecule has 12 heteroatoms. The number of benzene rings is 2. The molecule has 210 valence electrons. The van der Waals surface area contributed by atoms with Crippen LogP contribution < -0.4 is 15.4 Å². The molecular weight excluding hydrogens is 534 g/mol. The smallest absolute Gasteiger partial charge is 0.345 e. The van der Waals surface area contributed by atoms with Gasteiger partial charge in [0.1, 0.15) is 18.1 Å². The van der Waals surface area contributed by atoms with Crippen molar-refractivity contribution in [3.05, 3.63) is 79.0 Å². The molecule has 0 spiro atoms. The van der Waals surface area contributed by atoms with Crippen LogP contribution in [0, 0.1) is 0 Å². The summed E-state index contributed by atoms with van der Waals surface area (Å²) < 4.78 is 29.1. The van der Waals surface area contributed by atoms with E-state index in [1.807, 2.05) is 48.5 Å². The summed E-state index contributed by atoms with van der Waals surface area (Å²) in [6, 6.07) is 21.0. The van der Waals surface area contributed by atoms with Gasteiger partial charge in [0, 0.05) is 19.2 Å². The van der Waals surface area contributed by atoms with Crippen molar-refractivity contribution in [3.8, 4) is 11.1 Å². The molecular formula is C28H31N5O6S. The Balaban J connectivity index is 1.48. The van der Waals surface area contributed by atoms with E-state index in [0.717, 1.165) is 16.9 Å². The number of aliphatic carboxylic acids is 1. The molecule has 11 nitrogen and oxygen atoms in total. The molecule has 0 fully saturated rings. The third kappa shape index (κ3) is 7.42. The van der Waals surface area contributed by atoms with Crippen molar-refractivity contribution < 1.29 is 28.0 Å². The van der Waals surface area contributed by atoms with Gasteiger partial charge in [-0.25, -0.2) is 18.2 Å². The highest BCUT2D eigenvalue weighted by Crippen LogP contribution is 2.23. The molecule has 1 aliphatic heterocycles. The first-order valence-electron chi connectivity index (χ1n) is 12.9. The molecule has 2 heterocycles. The first kappa shape index (κ1) is 28.7. The molecule has 1 unspecified atom stereocenters. The van der Waals surface area contributed by atoms with Crippen LogP contribution in [0.4, 0.5) is 5.82 Å². The number of nitrogens with zero attached hydrogens (tertiary/aromatic N) is 2. The normalized spacial score (nSPS) is 14.4. The molecule has 0 saturated heterocycles. The minimum Gasteiger partial charge on any atom is -0.478 e. The lowest BCUT2D eigenvalue weighted by Crippen LogP contribution is -2.66. The number of amides is 1. The van der Waals surface area contributed by atoms with Gasteiger partial charge in [-0.1, -0.05) is 60.1 Å². The number of hydrogen-bond acceptors (Lipinski definition) is 8. The lowest BCUT2D eigenvalue weighted by atomic mass is 10.0. The molecule has 0 bridgehead atoms. The quantitative estimate of drug-likeness (QED) is 0.171. The molecule has 3 aromatic rings. The fraction of sp³-hybridized carbons (Fsp3) is 0.286. The van der Waals surface area contributed by atoms with E-state index in [0.29, 0.717) is 25.8 Å². The van der Waals surface area contributed by atoms with Crippen LogP contribution in [0.15, 0.2) is 89.0 Å². The third-order valence-electron chi connectivity index (χ3n) is 6.34. The van der Waals surface area contributed by atoms with E-state index in [1.54, 1.807) is 18.3 Å². The van der Waals surface area contributed by atoms with E-state index < -0.39 is 27.6 Å². The number of rotatable bonds is 14. The summed E-state index contributed by atoms with van der Waals surface area (Å²) in [5, 5.41) is 19.4. The van der Waals surface area contributed by atoms with Gasteiger partial charge in [-0.05, 0) is 54.7 Å². The lowest BCUT2D eigenvalue weighted by Gasteiger charge is -2.31. The van der Waals surface area contributed by atoms with Crippen LogP contribution in [0.5, 0.6) is 0 Å². The van der Waals surface area contributed by atoms with Gasteiger partial charge in [-0.2, -0.15) is 4.72 Å². The number of oxime groups is 1. The standard InChI is InChI=1S/C28H31N5O6S/c34-26(24-16-20-39-32-24)31-28(27(35)36,17-6-2-7-18-29-25-11-5-8-19-30-25)33-40(37,38)23-14-12-22(13-15-23)21-9-3-1-4-10-21/h1,3-5,8-15,19,33H,2,6-7,16-18,20H2,(H,29,30)(H,31,34)(H,35,36). The fourth-order valence-electron chi connectivity index (χ4n) is 4.20. The van der Waals surface area contributed by atoms with E-state index >= 15 is 0 Å². The minimum atomic E-state index is -4.35. The minimum absolute atomic E-state index is 0.00315. The summed E-state index contributed by atoms with van der Waals surface area (Å²) in [5.41, 5.74) is -0.593. The molecule has 1 aromatic heterocycles. The second-order valence-electron chi connectivity index (χ2n) is 9.23. The maximum Gasteiger partial charge on any atom is 0.345 e. The number of anilines is 1. The fourth-order valence-corrected chi connectivity index (χ4v) is 5.51. The van der Waals surface area contributed by atoms with Crippen molar-refractivity contribution in [1.82, 2.24) is 15.0 Å². The summed E-state index contributed by atoms with van der Waals surface area (Å²) in [6.45, 7) is 0.780. The number of unbranched alkanes of at least 4 members (excludes halogenated alkanes) is 2. The van der Waals surface area contributed by atoms with Gasteiger partial charge < -0.3 is 20.6 Å². The SMILES string of the molecule is O=C(NC(CCCCCNc1ccccn1)(NS(=O)(=O)c1ccc(-c2ccccc2)cc1)C(=O)O)C1=NOCC1. The van der Waals surface area contributed by atoms with E-state index in [1.165, 1.54) is 12.1 Å². The molecule has 2 aromatic carbocycles. The summed E-state index contributed by atoms with van der Waals surface area (Å²) in [6.07, 6.45) is 3.24. The zero-order chi connectivity index (χ0) is 28.4. The third-order valence-corrected chi connectivity index (χ3v) is 7.85. The van der Waals surface area contributed by atoms with E-state index in [2.05, 4.69) is 25.5 Å². The highest BCUT2D eigenvalue weighted by Gasteiger charge is 2.44. The maximum atomic E-state index is 13.4. The van der Waals surface area contributed by atoms with Crippen LogP contribution in [-0.2, 0) is 24.4 Å². The molecule has 4 rings (SSSR count). The van der Waals surface area contributed by atoms with Crippen molar-refractivity contribution in [3.63, 3.8) is 0 Å². The number of hydrogen-bond donors (Lipinski definition) is 4. The van der Waals surface area contributed by atoms with Crippen LogP contribution in [-0.4, -0.2) is 54.9 Å². The molecule has 1 amide bonds. The Morgan fingerprint density at radius 1 is 0.925 bits per heavy atom. The Kier molecular flexibility index (Phi) is 9.46. The monoisotopic (exact) mass is 565 g/mol. The second-order valence-corrected chi connectivity index (χ2v) is 10.9. The van der Waals surface area contributed by atoms with Crippen molar-refractivity contribution in [2.24, 2.45) is 5.16 Å². The molecule has 0 radical (unpaired) electrons. The molecule has 40 heavy (non-hydrogen) atoms. The van der Waals surface area contributed by atoms with Gasteiger partial charge in [0.15, 0.2) is 0 Å². The average molecular weight is 566 g/mol. The van der Waals surface area contributed by atoms with Gasteiger partial charge in [0.2, 0.25) is 15.7 Å². The second kappa shape index (κ2) is 13.2. The zero-order valence-corrected chi connectivity index (χ0v) is 22.6. The highest BCUT2D eigenvalue weighted by molar-refractivity contribution is 7.89. The zero-order valence-electron chi connectivity index (χ0n) is 21.7.